The third kappa shape index (κ3) is 2.00. The van der Waals surface area contributed by atoms with E-state index in [0.29, 0.717) is 5.88 Å². The maximum absolute atomic E-state index is 5.96. The molecule has 0 aliphatic heterocycles. The summed E-state index contributed by atoms with van der Waals surface area (Å²) in [7, 11) is 0. The highest BCUT2D eigenvalue weighted by Gasteiger charge is 2.18. The Labute approximate surface area is 125 Å². The largest absolute Gasteiger partial charge is 0.367 e. The molecule has 0 bridgehead atoms. The van der Waals surface area contributed by atoms with Crippen LogP contribution in [0.25, 0.3) is 32.5 Å². The molecular weight excluding hydrogens is 280 g/mol. The first-order valence-corrected chi connectivity index (χ1v) is 7.49. The van der Waals surface area contributed by atoms with Crippen molar-refractivity contribution in [2.45, 2.75) is 0 Å². The van der Waals surface area contributed by atoms with Crippen LogP contribution in [0.15, 0.2) is 64.5 Å². The van der Waals surface area contributed by atoms with E-state index >= 15 is 0 Å². The zero-order valence-electron chi connectivity index (χ0n) is 11.1. The van der Waals surface area contributed by atoms with Crippen molar-refractivity contribution in [2.24, 2.45) is 0 Å². The average molecular weight is 292 g/mol. The Morgan fingerprint density at radius 1 is 0.952 bits per heavy atom. The van der Waals surface area contributed by atoms with Gasteiger partial charge in [-0.05, 0) is 28.3 Å². The number of nitrogen functional groups attached to an aromatic ring is 1. The van der Waals surface area contributed by atoms with E-state index in [2.05, 4.69) is 35.5 Å². The molecule has 4 aromatic rings. The number of nitrogens with zero attached hydrogens (tertiary/aromatic N) is 1. The van der Waals surface area contributed by atoms with Crippen molar-refractivity contribution >= 4 is 28.0 Å². The molecule has 4 heteroatoms. The second-order valence-corrected chi connectivity index (χ2v) is 5.76. The molecule has 3 nitrogen and oxygen atoms in total. The minimum absolute atomic E-state index is 0.362. The molecule has 0 atom stereocenters. The van der Waals surface area contributed by atoms with Gasteiger partial charge < -0.3 is 10.3 Å². The molecule has 2 aromatic heterocycles. The summed E-state index contributed by atoms with van der Waals surface area (Å²) in [6.07, 6.45) is 0. The quantitative estimate of drug-likeness (QED) is 0.577. The second kappa shape index (κ2) is 4.75. The zero-order valence-corrected chi connectivity index (χ0v) is 11.9. The van der Waals surface area contributed by atoms with Crippen LogP contribution in [0.2, 0.25) is 0 Å². The summed E-state index contributed by atoms with van der Waals surface area (Å²) in [6, 6.07) is 18.5. The molecule has 2 N–H and O–H groups in total. The number of thiophene rings is 1. The van der Waals surface area contributed by atoms with Gasteiger partial charge in [-0.3, -0.25) is 0 Å². The summed E-state index contributed by atoms with van der Waals surface area (Å²) in [4.78, 5) is 1.07. The van der Waals surface area contributed by atoms with E-state index in [1.54, 1.807) is 11.3 Å². The lowest BCUT2D eigenvalue weighted by Crippen LogP contribution is -1.86. The van der Waals surface area contributed by atoms with Crippen molar-refractivity contribution < 1.29 is 4.52 Å². The van der Waals surface area contributed by atoms with Crippen LogP contribution in [0.4, 0.5) is 5.88 Å². The van der Waals surface area contributed by atoms with Gasteiger partial charge >= 0.3 is 0 Å². The van der Waals surface area contributed by atoms with Gasteiger partial charge in [-0.25, -0.2) is 0 Å². The lowest BCUT2D eigenvalue weighted by molar-refractivity contribution is 0.439. The lowest BCUT2D eigenvalue weighted by atomic mass is 10.0. The highest BCUT2D eigenvalue weighted by Crippen LogP contribution is 2.39. The second-order valence-electron chi connectivity index (χ2n) is 4.81. The molecule has 4 rings (SSSR count). The standard InChI is InChI=1S/C17H12N2OS/c18-17-15(14-6-3-9-21-14)16(19-20-17)13-8-7-11-4-1-2-5-12(11)10-13/h1-10H,18H2. The minimum atomic E-state index is 0.362. The van der Waals surface area contributed by atoms with Gasteiger partial charge in [0.15, 0.2) is 0 Å². The predicted molar refractivity (Wildman–Crippen MR) is 87.2 cm³/mol. The molecule has 0 saturated carbocycles. The Kier molecular flexibility index (Phi) is 2.75. The molecule has 0 aliphatic rings. The summed E-state index contributed by atoms with van der Waals surface area (Å²) in [5, 5.41) is 8.55. The van der Waals surface area contributed by atoms with Crippen LogP contribution in [-0.4, -0.2) is 5.16 Å². The van der Waals surface area contributed by atoms with Crippen LogP contribution in [0.5, 0.6) is 0 Å². The van der Waals surface area contributed by atoms with Crippen LogP contribution < -0.4 is 5.73 Å². The van der Waals surface area contributed by atoms with E-state index in [1.165, 1.54) is 10.8 Å². The van der Waals surface area contributed by atoms with Crippen molar-refractivity contribution in [3.05, 3.63) is 60.0 Å². The van der Waals surface area contributed by atoms with Gasteiger partial charge in [-0.1, -0.05) is 47.6 Å². The first-order valence-electron chi connectivity index (χ1n) is 6.61. The van der Waals surface area contributed by atoms with Crippen LogP contribution in [0.3, 0.4) is 0 Å². The van der Waals surface area contributed by atoms with E-state index in [0.717, 1.165) is 21.7 Å². The highest BCUT2D eigenvalue weighted by molar-refractivity contribution is 7.13. The Balaban J connectivity index is 1.93. The number of hydrogen-bond acceptors (Lipinski definition) is 4. The SMILES string of the molecule is Nc1onc(-c2ccc3ccccc3c2)c1-c1cccs1. The molecule has 2 aromatic carbocycles. The van der Waals surface area contributed by atoms with Crippen molar-refractivity contribution in [1.29, 1.82) is 0 Å². The average Bonchev–Trinajstić information content (AvgIpc) is 3.15. The monoisotopic (exact) mass is 292 g/mol. The first-order chi connectivity index (χ1) is 10.3. The molecular formula is C17H12N2OS. The molecule has 102 valence electrons. The summed E-state index contributed by atoms with van der Waals surface area (Å²) in [5.41, 5.74) is 8.64. The number of hydrogen-bond donors (Lipinski definition) is 1. The van der Waals surface area contributed by atoms with Gasteiger partial charge in [0, 0.05) is 10.4 Å². The molecule has 0 unspecified atom stereocenters. The molecule has 0 radical (unpaired) electrons. The molecule has 0 fully saturated rings. The van der Waals surface area contributed by atoms with Crippen molar-refractivity contribution in [3.8, 4) is 21.7 Å². The Bertz CT molecular complexity index is 910. The number of nitrogens with two attached hydrogens (primary N) is 1. The van der Waals surface area contributed by atoms with Crippen LogP contribution >= 0.6 is 11.3 Å². The molecule has 2 heterocycles. The van der Waals surface area contributed by atoms with Crippen LogP contribution in [-0.2, 0) is 0 Å². The fourth-order valence-corrected chi connectivity index (χ4v) is 3.27. The van der Waals surface area contributed by atoms with Gasteiger partial charge in [0.1, 0.15) is 5.69 Å². The predicted octanol–water partition coefficient (Wildman–Crippen LogP) is 4.81. The van der Waals surface area contributed by atoms with Gasteiger partial charge in [0.05, 0.1) is 5.56 Å². The van der Waals surface area contributed by atoms with Gasteiger partial charge in [0.25, 0.3) is 0 Å². The molecule has 0 aliphatic carbocycles. The zero-order chi connectivity index (χ0) is 14.2. The van der Waals surface area contributed by atoms with Crippen molar-refractivity contribution in [3.63, 3.8) is 0 Å². The van der Waals surface area contributed by atoms with E-state index in [9.17, 15) is 0 Å². The number of rotatable bonds is 2. The molecule has 21 heavy (non-hydrogen) atoms. The number of anilines is 1. The fourth-order valence-electron chi connectivity index (χ4n) is 2.50. The summed E-state index contributed by atoms with van der Waals surface area (Å²) in [6.45, 7) is 0. The van der Waals surface area contributed by atoms with E-state index in [4.69, 9.17) is 10.3 Å². The number of aromatic nitrogens is 1. The van der Waals surface area contributed by atoms with Gasteiger partial charge in [0.2, 0.25) is 5.88 Å². The number of fused-ring (bicyclic) bond motifs is 1. The maximum atomic E-state index is 5.96. The third-order valence-electron chi connectivity index (χ3n) is 3.51. The number of benzene rings is 2. The highest BCUT2D eigenvalue weighted by atomic mass is 32.1. The van der Waals surface area contributed by atoms with E-state index < -0.39 is 0 Å². The topological polar surface area (TPSA) is 52.0 Å². The third-order valence-corrected chi connectivity index (χ3v) is 4.40. The first kappa shape index (κ1) is 12.2. The van der Waals surface area contributed by atoms with Crippen LogP contribution in [0.1, 0.15) is 0 Å². The Hall–Kier alpha value is -2.59. The van der Waals surface area contributed by atoms with Crippen LogP contribution in [0, 0.1) is 0 Å². The molecule has 0 amide bonds. The summed E-state index contributed by atoms with van der Waals surface area (Å²) >= 11 is 1.63. The normalized spacial score (nSPS) is 11.0. The summed E-state index contributed by atoms with van der Waals surface area (Å²) in [5.74, 6) is 0.362. The minimum Gasteiger partial charge on any atom is -0.367 e. The lowest BCUT2D eigenvalue weighted by Gasteiger charge is -2.03. The fraction of sp³-hybridized carbons (Fsp3) is 0. The van der Waals surface area contributed by atoms with Gasteiger partial charge in [-0.15, -0.1) is 11.3 Å². The maximum Gasteiger partial charge on any atom is 0.231 e. The summed E-state index contributed by atoms with van der Waals surface area (Å²) < 4.78 is 5.22. The van der Waals surface area contributed by atoms with Crippen molar-refractivity contribution in [1.82, 2.24) is 5.16 Å². The molecule has 0 saturated heterocycles. The van der Waals surface area contributed by atoms with Crippen molar-refractivity contribution in [2.75, 3.05) is 5.73 Å². The smallest absolute Gasteiger partial charge is 0.231 e. The Morgan fingerprint density at radius 3 is 2.62 bits per heavy atom. The van der Waals surface area contributed by atoms with Gasteiger partial charge in [-0.2, -0.15) is 0 Å². The Morgan fingerprint density at radius 2 is 1.81 bits per heavy atom. The molecule has 0 spiro atoms. The van der Waals surface area contributed by atoms with E-state index in [-0.39, 0.29) is 0 Å². The van der Waals surface area contributed by atoms with E-state index in [1.807, 2.05) is 29.6 Å².